The van der Waals surface area contributed by atoms with E-state index in [1.54, 1.807) is 18.6 Å². The van der Waals surface area contributed by atoms with Crippen LogP contribution in [0, 0.1) is 13.8 Å². The van der Waals surface area contributed by atoms with E-state index in [0.717, 1.165) is 29.9 Å². The molecule has 9 rings (SSSR count). The summed E-state index contributed by atoms with van der Waals surface area (Å²) in [6, 6.07) is 63.5. The first-order valence-corrected chi connectivity index (χ1v) is 23.8. The van der Waals surface area contributed by atoms with Gasteiger partial charge in [0.1, 0.15) is 32.9 Å². The van der Waals surface area contributed by atoms with Crippen LogP contribution in [0.2, 0.25) is 0 Å². The van der Waals surface area contributed by atoms with Crippen LogP contribution in [0.4, 0.5) is 0 Å². The summed E-state index contributed by atoms with van der Waals surface area (Å²) in [5.41, 5.74) is 5.33. The fourth-order valence-corrected chi connectivity index (χ4v) is 11.4. The quantitative estimate of drug-likeness (QED) is 0.127. The van der Waals surface area contributed by atoms with Crippen molar-refractivity contribution in [3.05, 3.63) is 241 Å². The van der Waals surface area contributed by atoms with E-state index >= 15 is 0 Å². The number of hydrogen-bond donors (Lipinski definition) is 0. The number of aryl methyl sites for hydroxylation is 3. The standard InChI is InChI=1S/C26H22P2.C16H18N2O2.C6H7N.C5H5N.Os/c1-5-13-23(14-6-1)27(24-15-7-2-8-16-24)21-22-28(25-17-9-3-10-18-25)26-19-11-4-12-20-26;1-12-4-6-17-14(10-12)15-11-13(5-7-18-15)2-3-16-19-8-9-20-16;1-6-4-2-3-5-7-6;1-2-4-6-5-3-1;/h1-22H;4-7,10-11,16H,2-3,8-9H2,1H3;2-5H,1H3;1-5H;/p+2/b22-21-;;;;. The number of rotatable bonds is 10. The summed E-state index contributed by atoms with van der Waals surface area (Å²) in [5.74, 6) is 5.01. The van der Waals surface area contributed by atoms with Crippen molar-refractivity contribution in [2.75, 3.05) is 13.2 Å². The summed E-state index contributed by atoms with van der Waals surface area (Å²) in [6.07, 6.45) is 10.7. The average Bonchev–Trinajstić information content (AvgIpc) is 3.87. The molecular weight excluding hydrogens is 977 g/mol. The molecule has 9 heteroatoms. The topological polar surface area (TPSA) is 70.0 Å². The molecule has 0 unspecified atom stereocenters. The van der Waals surface area contributed by atoms with Crippen LogP contribution in [-0.2, 0) is 35.7 Å². The monoisotopic (exact) mass is 1030 g/mol. The van der Waals surface area contributed by atoms with Gasteiger partial charge in [0, 0.05) is 62.9 Å². The first kappa shape index (κ1) is 47.7. The van der Waals surface area contributed by atoms with Gasteiger partial charge in [0.05, 0.1) is 40.4 Å². The normalized spacial score (nSPS) is 11.9. The fourth-order valence-electron chi connectivity index (χ4n) is 6.42. The number of pyridine rings is 4. The first-order valence-electron chi connectivity index (χ1n) is 20.6. The van der Waals surface area contributed by atoms with E-state index < -0.39 is 15.8 Å². The molecule has 0 amide bonds. The van der Waals surface area contributed by atoms with Gasteiger partial charge < -0.3 is 9.47 Å². The van der Waals surface area contributed by atoms with Crippen LogP contribution >= 0.6 is 15.8 Å². The van der Waals surface area contributed by atoms with E-state index in [9.17, 15) is 0 Å². The zero-order valence-electron chi connectivity index (χ0n) is 35.2. The molecule has 1 fully saturated rings. The molecule has 0 N–H and O–H groups in total. The summed E-state index contributed by atoms with van der Waals surface area (Å²) in [4.78, 5) is 16.5. The molecule has 4 aromatic carbocycles. The van der Waals surface area contributed by atoms with E-state index in [4.69, 9.17) is 9.47 Å². The third kappa shape index (κ3) is 16.5. The van der Waals surface area contributed by atoms with Crippen LogP contribution in [0.25, 0.3) is 11.4 Å². The van der Waals surface area contributed by atoms with Gasteiger partial charge in [-0.2, -0.15) is 0 Å². The molecule has 6 nitrogen and oxygen atoms in total. The Kier molecular flexibility index (Phi) is 21.2. The second kappa shape index (κ2) is 27.6. The van der Waals surface area contributed by atoms with Crippen molar-refractivity contribution in [2.45, 2.75) is 33.0 Å². The van der Waals surface area contributed by atoms with Crippen LogP contribution in [0.15, 0.2) is 225 Å². The van der Waals surface area contributed by atoms with Crippen molar-refractivity contribution in [2.24, 2.45) is 0 Å². The van der Waals surface area contributed by atoms with Gasteiger partial charge in [-0.05, 0) is 128 Å². The summed E-state index contributed by atoms with van der Waals surface area (Å²) in [7, 11) is -1.93. The minimum atomic E-state index is -0.964. The van der Waals surface area contributed by atoms with Crippen molar-refractivity contribution in [3.8, 4) is 11.4 Å². The van der Waals surface area contributed by atoms with Crippen LogP contribution in [0.1, 0.15) is 23.2 Å². The smallest absolute Gasteiger partial charge is 0.158 e. The Morgan fingerprint density at radius 2 is 0.919 bits per heavy atom. The van der Waals surface area contributed by atoms with Crippen LogP contribution in [0.3, 0.4) is 0 Å². The third-order valence-corrected chi connectivity index (χ3v) is 14.7. The maximum Gasteiger partial charge on any atom is 0.158 e. The average molecular weight is 1030 g/mol. The Balaban J connectivity index is 0.000000184. The van der Waals surface area contributed by atoms with Gasteiger partial charge >= 0.3 is 0 Å². The van der Waals surface area contributed by atoms with Gasteiger partial charge in [-0.1, -0.05) is 84.9 Å². The maximum atomic E-state index is 5.46. The summed E-state index contributed by atoms with van der Waals surface area (Å²) >= 11 is 0. The van der Waals surface area contributed by atoms with E-state index in [0.29, 0.717) is 13.2 Å². The minimum absolute atomic E-state index is 0. The van der Waals surface area contributed by atoms with Crippen molar-refractivity contribution in [1.29, 1.82) is 0 Å². The SMILES string of the molecule is C(=C/[PH+](c1ccccc1)c1ccccc1)/[PH+](c1ccccc1)c1ccccc1.Cc1ccccn1.Cc1ccnc(-c2cc(CCC3OCCO3)ccn2)c1.[Os].c1ccncc1. The molecule has 1 aliphatic heterocycles. The zero-order chi connectivity index (χ0) is 42.2. The predicted octanol–water partition coefficient (Wildman–Crippen LogP) is 10.4. The Morgan fingerprint density at radius 3 is 1.31 bits per heavy atom. The van der Waals surface area contributed by atoms with Gasteiger partial charge in [0.15, 0.2) is 6.29 Å². The largest absolute Gasteiger partial charge is 0.350 e. The second-order valence-corrected chi connectivity index (χ2v) is 18.7. The molecule has 5 heterocycles. The second-order valence-electron chi connectivity index (χ2n) is 14.1. The Hall–Kier alpha value is -5.36. The summed E-state index contributed by atoms with van der Waals surface area (Å²) in [5, 5.41) is 5.71. The van der Waals surface area contributed by atoms with E-state index in [1.807, 2.05) is 67.8 Å². The third-order valence-electron chi connectivity index (χ3n) is 9.50. The van der Waals surface area contributed by atoms with Crippen LogP contribution in [-0.4, -0.2) is 39.4 Å². The molecule has 1 saturated heterocycles. The molecule has 4 aromatic heterocycles. The molecule has 0 saturated carbocycles. The molecule has 0 aliphatic carbocycles. The summed E-state index contributed by atoms with van der Waals surface area (Å²) < 4.78 is 10.9. The molecular formula is C53H54N4O2OsP2+2. The van der Waals surface area contributed by atoms with Gasteiger partial charge in [-0.25, -0.2) is 0 Å². The van der Waals surface area contributed by atoms with Crippen molar-refractivity contribution in [3.63, 3.8) is 0 Å². The first-order chi connectivity index (χ1) is 30.1. The van der Waals surface area contributed by atoms with E-state index in [-0.39, 0.29) is 26.1 Å². The van der Waals surface area contributed by atoms with E-state index in [1.165, 1.54) is 32.3 Å². The Morgan fingerprint density at radius 1 is 0.484 bits per heavy atom. The molecule has 0 radical (unpaired) electrons. The zero-order valence-corrected chi connectivity index (χ0v) is 39.8. The van der Waals surface area contributed by atoms with Gasteiger partial charge in [0.2, 0.25) is 0 Å². The van der Waals surface area contributed by atoms with Gasteiger partial charge in [-0.15, -0.1) is 0 Å². The van der Waals surface area contributed by atoms with Crippen molar-refractivity contribution >= 4 is 37.1 Å². The van der Waals surface area contributed by atoms with E-state index in [2.05, 4.69) is 172 Å². The number of aromatic nitrogens is 4. The molecule has 0 spiro atoms. The summed E-state index contributed by atoms with van der Waals surface area (Å²) in [6.45, 7) is 5.45. The minimum Gasteiger partial charge on any atom is -0.350 e. The number of ether oxygens (including phenoxy) is 2. The molecule has 62 heavy (non-hydrogen) atoms. The molecule has 8 aromatic rings. The van der Waals surface area contributed by atoms with Gasteiger partial charge in [0.25, 0.3) is 0 Å². The van der Waals surface area contributed by atoms with Crippen LogP contribution in [0.5, 0.6) is 0 Å². The molecule has 1 aliphatic rings. The van der Waals surface area contributed by atoms with Crippen molar-refractivity contribution < 1.29 is 29.3 Å². The number of hydrogen-bond acceptors (Lipinski definition) is 6. The molecule has 0 bridgehead atoms. The number of benzene rings is 4. The predicted molar refractivity (Wildman–Crippen MR) is 260 cm³/mol. The Labute approximate surface area is 383 Å². The maximum absolute atomic E-state index is 5.46. The molecule has 0 atom stereocenters. The van der Waals surface area contributed by atoms with Gasteiger partial charge in [-0.3, -0.25) is 19.9 Å². The molecule has 314 valence electrons. The van der Waals surface area contributed by atoms with Crippen LogP contribution < -0.4 is 21.2 Å². The fraction of sp³-hybridized carbons (Fsp3) is 0.132. The Bertz CT molecular complexity index is 2220. The number of nitrogens with zero attached hydrogens (tertiary/aromatic N) is 4. The van der Waals surface area contributed by atoms with Crippen molar-refractivity contribution in [1.82, 2.24) is 19.9 Å².